The van der Waals surface area contributed by atoms with E-state index in [0.717, 1.165) is 24.6 Å². The van der Waals surface area contributed by atoms with Crippen molar-refractivity contribution < 1.29 is 5.11 Å². The molecule has 0 unspecified atom stereocenters. The Hall–Kier alpha value is -2.14. The van der Waals surface area contributed by atoms with Gasteiger partial charge in [0.1, 0.15) is 18.0 Å². The first-order valence-electron chi connectivity index (χ1n) is 8.03. The number of nitrogens with one attached hydrogen (secondary N) is 1. The Labute approximate surface area is 137 Å². The predicted molar refractivity (Wildman–Crippen MR) is 92.6 cm³/mol. The molecule has 23 heavy (non-hydrogen) atoms. The van der Waals surface area contributed by atoms with Crippen LogP contribution < -0.4 is 10.2 Å². The molecule has 1 aliphatic heterocycles. The first kappa shape index (κ1) is 15.7. The summed E-state index contributed by atoms with van der Waals surface area (Å²) in [7, 11) is 0. The van der Waals surface area contributed by atoms with Gasteiger partial charge in [-0.15, -0.1) is 0 Å². The van der Waals surface area contributed by atoms with Crippen LogP contribution >= 0.6 is 0 Å². The van der Waals surface area contributed by atoms with Crippen molar-refractivity contribution in [1.29, 1.82) is 0 Å². The molecule has 0 amide bonds. The molecule has 5 nitrogen and oxygen atoms in total. The first-order valence-corrected chi connectivity index (χ1v) is 8.03. The number of rotatable bonds is 4. The number of benzene rings is 1. The molecule has 0 fully saturated rings. The van der Waals surface area contributed by atoms with Crippen LogP contribution in [0, 0.1) is 0 Å². The number of anilines is 2. The number of aliphatic hydroxyl groups is 1. The summed E-state index contributed by atoms with van der Waals surface area (Å²) >= 11 is 0. The molecular formula is C18H24N4O. The zero-order chi connectivity index (χ0) is 16.4. The second-order valence-electron chi connectivity index (χ2n) is 6.83. The van der Waals surface area contributed by atoms with Crippen LogP contribution in [0.2, 0.25) is 0 Å². The predicted octanol–water partition coefficient (Wildman–Crippen LogP) is 2.61. The SMILES string of the molecule is C[C@@H](CO)Nc1cc(N2Cc3ccccc3CC2(C)C)ncn1. The highest BCUT2D eigenvalue weighted by Crippen LogP contribution is 2.34. The molecule has 1 aliphatic rings. The van der Waals surface area contributed by atoms with Gasteiger partial charge in [0.15, 0.2) is 0 Å². The molecule has 2 aromatic rings. The van der Waals surface area contributed by atoms with E-state index in [4.69, 9.17) is 0 Å². The molecule has 1 atom stereocenters. The monoisotopic (exact) mass is 312 g/mol. The summed E-state index contributed by atoms with van der Waals surface area (Å²) in [5.41, 5.74) is 2.75. The quantitative estimate of drug-likeness (QED) is 0.909. The van der Waals surface area contributed by atoms with Crippen LogP contribution in [-0.4, -0.2) is 33.3 Å². The number of hydrogen-bond acceptors (Lipinski definition) is 5. The fraction of sp³-hybridized carbons (Fsp3) is 0.444. The van der Waals surface area contributed by atoms with Crippen molar-refractivity contribution in [2.24, 2.45) is 0 Å². The summed E-state index contributed by atoms with van der Waals surface area (Å²) < 4.78 is 0. The van der Waals surface area contributed by atoms with E-state index in [1.807, 2.05) is 13.0 Å². The third-order valence-electron chi connectivity index (χ3n) is 4.40. The Bertz CT molecular complexity index is 686. The van der Waals surface area contributed by atoms with Gasteiger partial charge in [-0.3, -0.25) is 0 Å². The van der Waals surface area contributed by atoms with Crippen LogP contribution in [0.25, 0.3) is 0 Å². The molecule has 0 spiro atoms. The average molecular weight is 312 g/mol. The Morgan fingerprint density at radius 1 is 1.26 bits per heavy atom. The highest BCUT2D eigenvalue weighted by Gasteiger charge is 2.33. The maximum absolute atomic E-state index is 9.19. The summed E-state index contributed by atoms with van der Waals surface area (Å²) in [6.07, 6.45) is 2.57. The number of nitrogens with zero attached hydrogens (tertiary/aromatic N) is 3. The zero-order valence-electron chi connectivity index (χ0n) is 14.0. The average Bonchev–Trinajstić information content (AvgIpc) is 2.53. The van der Waals surface area contributed by atoms with E-state index in [-0.39, 0.29) is 18.2 Å². The van der Waals surface area contributed by atoms with Crippen molar-refractivity contribution in [3.8, 4) is 0 Å². The van der Waals surface area contributed by atoms with Gasteiger partial charge < -0.3 is 15.3 Å². The van der Waals surface area contributed by atoms with Gasteiger partial charge in [0.05, 0.1) is 6.61 Å². The van der Waals surface area contributed by atoms with Gasteiger partial charge in [-0.25, -0.2) is 9.97 Å². The molecule has 122 valence electrons. The van der Waals surface area contributed by atoms with Crippen LogP contribution in [0.4, 0.5) is 11.6 Å². The molecule has 0 bridgehead atoms. The lowest BCUT2D eigenvalue weighted by atomic mass is 9.85. The van der Waals surface area contributed by atoms with E-state index in [2.05, 4.69) is 58.3 Å². The summed E-state index contributed by atoms with van der Waals surface area (Å²) in [4.78, 5) is 11.1. The molecule has 0 radical (unpaired) electrons. The fourth-order valence-electron chi connectivity index (χ4n) is 3.09. The number of aromatic nitrogens is 2. The molecule has 0 saturated heterocycles. The second-order valence-corrected chi connectivity index (χ2v) is 6.83. The zero-order valence-corrected chi connectivity index (χ0v) is 14.0. The smallest absolute Gasteiger partial charge is 0.134 e. The fourth-order valence-corrected chi connectivity index (χ4v) is 3.09. The van der Waals surface area contributed by atoms with Crippen LogP contribution in [0.5, 0.6) is 0 Å². The van der Waals surface area contributed by atoms with Crippen LogP contribution in [-0.2, 0) is 13.0 Å². The van der Waals surface area contributed by atoms with E-state index in [1.165, 1.54) is 11.1 Å². The largest absolute Gasteiger partial charge is 0.394 e. The highest BCUT2D eigenvalue weighted by molar-refractivity contribution is 5.53. The van der Waals surface area contributed by atoms with Gasteiger partial charge in [0.25, 0.3) is 0 Å². The number of aliphatic hydroxyl groups excluding tert-OH is 1. The van der Waals surface area contributed by atoms with E-state index < -0.39 is 0 Å². The normalized spacial score (nSPS) is 17.5. The summed E-state index contributed by atoms with van der Waals surface area (Å²) in [6, 6.07) is 10.5. The molecule has 2 N–H and O–H groups in total. The second kappa shape index (κ2) is 6.16. The molecule has 1 aromatic heterocycles. The lowest BCUT2D eigenvalue weighted by Crippen LogP contribution is -2.49. The van der Waals surface area contributed by atoms with Crippen LogP contribution in [0.15, 0.2) is 36.7 Å². The molecule has 0 saturated carbocycles. The van der Waals surface area contributed by atoms with E-state index in [9.17, 15) is 5.11 Å². The van der Waals surface area contributed by atoms with E-state index in [1.54, 1.807) is 6.33 Å². The maximum Gasteiger partial charge on any atom is 0.134 e. The van der Waals surface area contributed by atoms with Gasteiger partial charge in [0.2, 0.25) is 0 Å². The van der Waals surface area contributed by atoms with Crippen LogP contribution in [0.3, 0.4) is 0 Å². The minimum Gasteiger partial charge on any atom is -0.394 e. The van der Waals surface area contributed by atoms with Gasteiger partial charge >= 0.3 is 0 Å². The van der Waals surface area contributed by atoms with Crippen molar-refractivity contribution in [3.63, 3.8) is 0 Å². The molecule has 2 heterocycles. The standard InChI is InChI=1S/C18H24N4O/c1-13(11-23)21-16-8-17(20-12-19-16)22-10-15-7-5-4-6-14(15)9-18(22,2)3/h4-8,12-13,23H,9-11H2,1-3H3,(H,19,20,21)/t13-/m0/s1. The van der Waals surface area contributed by atoms with Crippen molar-refractivity contribution in [2.75, 3.05) is 16.8 Å². The highest BCUT2D eigenvalue weighted by atomic mass is 16.3. The third kappa shape index (κ3) is 3.29. The van der Waals surface area contributed by atoms with Gasteiger partial charge in [-0.1, -0.05) is 24.3 Å². The summed E-state index contributed by atoms with van der Waals surface area (Å²) in [5.74, 6) is 1.65. The Morgan fingerprint density at radius 2 is 2.00 bits per heavy atom. The molecule has 1 aromatic carbocycles. The van der Waals surface area contributed by atoms with Crippen LogP contribution in [0.1, 0.15) is 31.9 Å². The van der Waals surface area contributed by atoms with Gasteiger partial charge in [-0.05, 0) is 38.3 Å². The topological polar surface area (TPSA) is 61.3 Å². The van der Waals surface area contributed by atoms with Crippen molar-refractivity contribution in [1.82, 2.24) is 9.97 Å². The Kier molecular flexibility index (Phi) is 4.22. The van der Waals surface area contributed by atoms with Gasteiger partial charge in [0, 0.05) is 24.2 Å². The Balaban J connectivity index is 1.90. The Morgan fingerprint density at radius 3 is 2.74 bits per heavy atom. The van der Waals surface area contributed by atoms with E-state index in [0.29, 0.717) is 0 Å². The lowest BCUT2D eigenvalue weighted by Gasteiger charge is -2.44. The third-order valence-corrected chi connectivity index (χ3v) is 4.40. The molecule has 0 aliphatic carbocycles. The minimum atomic E-state index is -0.0344. The summed E-state index contributed by atoms with van der Waals surface area (Å²) in [6.45, 7) is 7.32. The first-order chi connectivity index (χ1) is 11.0. The van der Waals surface area contributed by atoms with Crippen molar-refractivity contribution in [2.45, 2.75) is 45.3 Å². The van der Waals surface area contributed by atoms with Crippen molar-refractivity contribution >= 4 is 11.6 Å². The minimum absolute atomic E-state index is 0.0113. The number of fused-ring (bicyclic) bond motifs is 1. The molecular weight excluding hydrogens is 288 g/mol. The molecule has 5 heteroatoms. The lowest BCUT2D eigenvalue weighted by molar-refractivity contribution is 0.281. The van der Waals surface area contributed by atoms with Gasteiger partial charge in [-0.2, -0.15) is 0 Å². The van der Waals surface area contributed by atoms with E-state index >= 15 is 0 Å². The maximum atomic E-state index is 9.19. The summed E-state index contributed by atoms with van der Waals surface area (Å²) in [5, 5.41) is 12.4. The molecule has 3 rings (SSSR count). The number of hydrogen-bond donors (Lipinski definition) is 2. The van der Waals surface area contributed by atoms with Crippen molar-refractivity contribution in [3.05, 3.63) is 47.8 Å².